The first-order chi connectivity index (χ1) is 8.56. The van der Waals surface area contributed by atoms with Crippen molar-refractivity contribution in [3.8, 4) is 0 Å². The summed E-state index contributed by atoms with van der Waals surface area (Å²) >= 11 is 0. The average molecular weight is 254 g/mol. The van der Waals surface area contributed by atoms with E-state index in [1.807, 2.05) is 0 Å². The predicted octanol–water partition coefficient (Wildman–Crippen LogP) is 1.69. The Balaban J connectivity index is 2.02. The normalized spacial score (nSPS) is 17.9. The Morgan fingerprint density at radius 3 is 2.67 bits per heavy atom. The number of likely N-dealkylation sites (tertiary alicyclic amines) is 1. The van der Waals surface area contributed by atoms with Gasteiger partial charge in [-0.1, -0.05) is 6.07 Å². The number of nitro groups is 1. The molecule has 5 nitrogen and oxygen atoms in total. The van der Waals surface area contributed by atoms with Crippen LogP contribution >= 0.6 is 0 Å². The van der Waals surface area contributed by atoms with Gasteiger partial charge in [0.1, 0.15) is 0 Å². The molecule has 0 bridgehead atoms. The number of rotatable bonds is 3. The maximum absolute atomic E-state index is 13.4. The van der Waals surface area contributed by atoms with Gasteiger partial charge in [-0.2, -0.15) is 4.39 Å². The second kappa shape index (κ2) is 5.41. The molecule has 6 heteroatoms. The highest BCUT2D eigenvalue weighted by molar-refractivity contribution is 5.34. The summed E-state index contributed by atoms with van der Waals surface area (Å²) in [5.74, 6) is -0.797. The van der Waals surface area contributed by atoms with E-state index in [1.54, 1.807) is 6.07 Å². The number of benzene rings is 1. The van der Waals surface area contributed by atoms with E-state index in [1.165, 1.54) is 12.1 Å². The molecule has 0 atom stereocenters. The van der Waals surface area contributed by atoms with Crippen LogP contribution in [0.15, 0.2) is 18.2 Å². The fourth-order valence-corrected chi connectivity index (χ4v) is 2.13. The van der Waals surface area contributed by atoms with Gasteiger partial charge >= 0.3 is 5.69 Å². The maximum atomic E-state index is 13.4. The van der Waals surface area contributed by atoms with Crippen LogP contribution in [0.3, 0.4) is 0 Å². The summed E-state index contributed by atoms with van der Waals surface area (Å²) in [7, 11) is 0. The summed E-state index contributed by atoms with van der Waals surface area (Å²) in [6.45, 7) is 2.08. The molecule has 0 aliphatic carbocycles. The third-order valence-electron chi connectivity index (χ3n) is 3.17. The highest BCUT2D eigenvalue weighted by atomic mass is 19.1. The lowest BCUT2D eigenvalue weighted by Crippen LogP contribution is -2.35. The third kappa shape index (κ3) is 3.02. The van der Waals surface area contributed by atoms with E-state index in [4.69, 9.17) is 0 Å². The smallest absolute Gasteiger partial charge is 0.304 e. The molecule has 0 radical (unpaired) electrons. The van der Waals surface area contributed by atoms with Gasteiger partial charge in [-0.15, -0.1) is 0 Å². The van der Waals surface area contributed by atoms with Gasteiger partial charge in [-0.3, -0.25) is 15.0 Å². The van der Waals surface area contributed by atoms with Crippen LogP contribution in [-0.2, 0) is 6.54 Å². The van der Waals surface area contributed by atoms with E-state index in [2.05, 4.69) is 4.90 Å². The Morgan fingerprint density at radius 2 is 2.11 bits per heavy atom. The summed E-state index contributed by atoms with van der Waals surface area (Å²) in [6.07, 6.45) is 1.19. The first kappa shape index (κ1) is 12.9. The van der Waals surface area contributed by atoms with Crippen molar-refractivity contribution in [3.05, 3.63) is 39.7 Å². The molecule has 0 saturated carbocycles. The van der Waals surface area contributed by atoms with Gasteiger partial charge in [0.25, 0.3) is 0 Å². The van der Waals surface area contributed by atoms with Gasteiger partial charge in [0.15, 0.2) is 0 Å². The number of nitrogens with zero attached hydrogens (tertiary/aromatic N) is 2. The highest BCUT2D eigenvalue weighted by Gasteiger charge is 2.18. The summed E-state index contributed by atoms with van der Waals surface area (Å²) in [5.41, 5.74) is 0.224. The molecule has 1 aliphatic rings. The number of aliphatic hydroxyl groups is 1. The minimum atomic E-state index is -0.797. The minimum absolute atomic E-state index is 0.241. The Morgan fingerprint density at radius 1 is 1.44 bits per heavy atom. The Labute approximate surface area is 104 Å². The molecule has 0 spiro atoms. The number of nitro benzene ring substituents is 1. The molecule has 0 aromatic heterocycles. The average Bonchev–Trinajstić information content (AvgIpc) is 2.32. The first-order valence-corrected chi connectivity index (χ1v) is 5.89. The molecule has 0 amide bonds. The quantitative estimate of drug-likeness (QED) is 0.658. The van der Waals surface area contributed by atoms with Crippen molar-refractivity contribution in [2.75, 3.05) is 13.1 Å². The molecule has 1 aromatic carbocycles. The third-order valence-corrected chi connectivity index (χ3v) is 3.17. The second-order valence-electron chi connectivity index (χ2n) is 4.55. The summed E-state index contributed by atoms with van der Waals surface area (Å²) in [5, 5.41) is 19.9. The number of halogens is 1. The van der Waals surface area contributed by atoms with Gasteiger partial charge in [0.2, 0.25) is 5.82 Å². The van der Waals surface area contributed by atoms with Crippen molar-refractivity contribution < 1.29 is 14.4 Å². The van der Waals surface area contributed by atoms with Gasteiger partial charge in [-0.25, -0.2) is 0 Å². The molecule has 1 N–H and O–H groups in total. The van der Waals surface area contributed by atoms with Gasteiger partial charge in [0, 0.05) is 25.7 Å². The predicted molar refractivity (Wildman–Crippen MR) is 63.6 cm³/mol. The fraction of sp³-hybridized carbons (Fsp3) is 0.500. The Kier molecular flexibility index (Phi) is 3.88. The van der Waals surface area contributed by atoms with Crippen molar-refractivity contribution in [2.45, 2.75) is 25.5 Å². The van der Waals surface area contributed by atoms with Crippen LogP contribution in [0.5, 0.6) is 0 Å². The van der Waals surface area contributed by atoms with Gasteiger partial charge in [0.05, 0.1) is 11.0 Å². The Bertz CT molecular complexity index is 445. The minimum Gasteiger partial charge on any atom is -0.393 e. The van der Waals surface area contributed by atoms with Crippen LogP contribution in [0.1, 0.15) is 18.4 Å². The van der Waals surface area contributed by atoms with E-state index >= 15 is 0 Å². The lowest BCUT2D eigenvalue weighted by atomic mass is 10.1. The van der Waals surface area contributed by atoms with E-state index in [-0.39, 0.29) is 6.10 Å². The standard InChI is InChI=1S/C12H15FN2O3/c13-11-7-9(1-2-12(11)15(17)18)8-14-5-3-10(16)4-6-14/h1-2,7,10,16H,3-6,8H2. The zero-order chi connectivity index (χ0) is 13.1. The highest BCUT2D eigenvalue weighted by Crippen LogP contribution is 2.20. The molecule has 1 aromatic rings. The molecule has 98 valence electrons. The van der Waals surface area contributed by atoms with E-state index in [0.717, 1.165) is 31.5 Å². The monoisotopic (exact) mass is 254 g/mol. The number of aliphatic hydroxyl groups excluding tert-OH is 1. The molecular weight excluding hydrogens is 239 g/mol. The van der Waals surface area contributed by atoms with Crippen LogP contribution in [0, 0.1) is 15.9 Å². The first-order valence-electron chi connectivity index (χ1n) is 5.89. The lowest BCUT2D eigenvalue weighted by Gasteiger charge is -2.29. The largest absolute Gasteiger partial charge is 0.393 e. The second-order valence-corrected chi connectivity index (χ2v) is 4.55. The number of hydrogen-bond donors (Lipinski definition) is 1. The molecule has 0 unspecified atom stereocenters. The zero-order valence-electron chi connectivity index (χ0n) is 9.88. The van der Waals surface area contributed by atoms with Crippen molar-refractivity contribution in [1.29, 1.82) is 0 Å². The van der Waals surface area contributed by atoms with Crippen LogP contribution in [0.2, 0.25) is 0 Å². The van der Waals surface area contributed by atoms with Crippen LogP contribution in [0.25, 0.3) is 0 Å². The van der Waals surface area contributed by atoms with Gasteiger partial charge < -0.3 is 5.11 Å². The van der Waals surface area contributed by atoms with E-state index < -0.39 is 16.4 Å². The van der Waals surface area contributed by atoms with Gasteiger partial charge in [-0.05, 0) is 24.5 Å². The maximum Gasteiger partial charge on any atom is 0.304 e. The van der Waals surface area contributed by atoms with E-state index in [9.17, 15) is 19.6 Å². The Hall–Kier alpha value is -1.53. The van der Waals surface area contributed by atoms with Crippen molar-refractivity contribution >= 4 is 5.69 Å². The summed E-state index contributed by atoms with van der Waals surface area (Å²) in [6, 6.07) is 3.98. The fourth-order valence-electron chi connectivity index (χ4n) is 2.13. The summed E-state index contributed by atoms with van der Waals surface area (Å²) < 4.78 is 13.4. The molecule has 2 rings (SSSR count). The summed E-state index contributed by atoms with van der Waals surface area (Å²) in [4.78, 5) is 11.9. The topological polar surface area (TPSA) is 66.6 Å². The molecule has 1 heterocycles. The molecule has 1 saturated heterocycles. The number of hydrogen-bond acceptors (Lipinski definition) is 4. The van der Waals surface area contributed by atoms with Crippen molar-refractivity contribution in [2.24, 2.45) is 0 Å². The molecular formula is C12H15FN2O3. The van der Waals surface area contributed by atoms with Crippen LogP contribution in [0.4, 0.5) is 10.1 Å². The lowest BCUT2D eigenvalue weighted by molar-refractivity contribution is -0.387. The van der Waals surface area contributed by atoms with Crippen LogP contribution in [-0.4, -0.2) is 34.1 Å². The molecule has 1 aliphatic heterocycles. The zero-order valence-corrected chi connectivity index (χ0v) is 9.88. The van der Waals surface area contributed by atoms with E-state index in [0.29, 0.717) is 6.54 Å². The molecule has 1 fully saturated rings. The number of piperidine rings is 1. The van der Waals surface area contributed by atoms with Crippen molar-refractivity contribution in [3.63, 3.8) is 0 Å². The van der Waals surface area contributed by atoms with Crippen molar-refractivity contribution in [1.82, 2.24) is 4.90 Å². The molecule has 18 heavy (non-hydrogen) atoms. The SMILES string of the molecule is O=[N+]([O-])c1ccc(CN2CCC(O)CC2)cc1F. The van der Waals surface area contributed by atoms with Crippen LogP contribution < -0.4 is 0 Å².